The zero-order valence-corrected chi connectivity index (χ0v) is 14.0. The standard InChI is InChI=1S/C19H19NO5/c1-22-7-6-20-16-4-2-13(8-15(16)10-23-11-19(20)21)14-3-5-17-18(9-14)25-12-24-17/h2-5,8-9H,6-7,10-12H2,1H3. The number of carbonyl (C=O) groups excluding carboxylic acids is 1. The van der Waals surface area contributed by atoms with Crippen LogP contribution in [0.4, 0.5) is 5.69 Å². The number of fused-ring (bicyclic) bond motifs is 2. The number of carbonyl (C=O) groups is 1. The summed E-state index contributed by atoms with van der Waals surface area (Å²) in [7, 11) is 1.63. The summed E-state index contributed by atoms with van der Waals surface area (Å²) in [6, 6.07) is 11.9. The Morgan fingerprint density at radius 2 is 1.84 bits per heavy atom. The molecule has 25 heavy (non-hydrogen) atoms. The molecular formula is C19H19NO5. The maximum Gasteiger partial charge on any atom is 0.253 e. The molecule has 1 amide bonds. The van der Waals surface area contributed by atoms with Gasteiger partial charge in [0.1, 0.15) is 6.61 Å². The molecule has 2 aromatic rings. The number of ether oxygens (including phenoxy) is 4. The van der Waals surface area contributed by atoms with E-state index >= 15 is 0 Å². The van der Waals surface area contributed by atoms with Crippen LogP contribution >= 0.6 is 0 Å². The average molecular weight is 341 g/mol. The van der Waals surface area contributed by atoms with Crippen LogP contribution in [0.1, 0.15) is 5.56 Å². The van der Waals surface area contributed by atoms with Crippen LogP contribution in [0.2, 0.25) is 0 Å². The predicted octanol–water partition coefficient (Wildman–Crippen LogP) is 2.59. The van der Waals surface area contributed by atoms with Gasteiger partial charge in [0.2, 0.25) is 6.79 Å². The molecule has 0 radical (unpaired) electrons. The van der Waals surface area contributed by atoms with Gasteiger partial charge in [-0.25, -0.2) is 0 Å². The van der Waals surface area contributed by atoms with Gasteiger partial charge in [0.25, 0.3) is 5.91 Å². The Morgan fingerprint density at radius 1 is 1.04 bits per heavy atom. The van der Waals surface area contributed by atoms with E-state index in [1.165, 1.54) is 0 Å². The van der Waals surface area contributed by atoms with Crippen LogP contribution in [-0.4, -0.2) is 39.6 Å². The van der Waals surface area contributed by atoms with E-state index in [2.05, 4.69) is 6.07 Å². The molecule has 0 N–H and O–H groups in total. The summed E-state index contributed by atoms with van der Waals surface area (Å²) >= 11 is 0. The Balaban J connectivity index is 1.69. The van der Waals surface area contributed by atoms with Gasteiger partial charge in [-0.3, -0.25) is 4.79 Å². The first-order valence-electron chi connectivity index (χ1n) is 8.16. The van der Waals surface area contributed by atoms with Crippen LogP contribution in [0.5, 0.6) is 11.5 Å². The molecule has 0 unspecified atom stereocenters. The molecule has 2 aliphatic rings. The highest BCUT2D eigenvalue weighted by molar-refractivity contribution is 5.96. The second-order valence-electron chi connectivity index (χ2n) is 5.94. The van der Waals surface area contributed by atoms with E-state index < -0.39 is 0 Å². The normalized spacial score (nSPS) is 15.9. The Kier molecular flexibility index (Phi) is 4.29. The summed E-state index contributed by atoms with van der Waals surface area (Å²) in [5.74, 6) is 1.46. The van der Waals surface area contributed by atoms with E-state index in [0.717, 1.165) is 33.9 Å². The van der Waals surface area contributed by atoms with Crippen LogP contribution in [0, 0.1) is 0 Å². The van der Waals surface area contributed by atoms with Crippen molar-refractivity contribution in [3.63, 3.8) is 0 Å². The number of hydrogen-bond acceptors (Lipinski definition) is 5. The molecule has 0 fully saturated rings. The highest BCUT2D eigenvalue weighted by Gasteiger charge is 2.23. The zero-order chi connectivity index (χ0) is 17.2. The number of amides is 1. The number of methoxy groups -OCH3 is 1. The summed E-state index contributed by atoms with van der Waals surface area (Å²) in [5, 5.41) is 0. The van der Waals surface area contributed by atoms with Crippen molar-refractivity contribution in [2.24, 2.45) is 0 Å². The van der Waals surface area contributed by atoms with Crippen LogP contribution < -0.4 is 14.4 Å². The number of anilines is 1. The van der Waals surface area contributed by atoms with Gasteiger partial charge >= 0.3 is 0 Å². The van der Waals surface area contributed by atoms with Gasteiger partial charge in [0.05, 0.1) is 13.2 Å². The Bertz CT molecular complexity index is 804. The van der Waals surface area contributed by atoms with Gasteiger partial charge in [-0.05, 0) is 35.4 Å². The maximum atomic E-state index is 12.3. The summed E-state index contributed by atoms with van der Waals surface area (Å²) in [5.41, 5.74) is 3.94. The second kappa shape index (κ2) is 6.74. The Hall–Kier alpha value is -2.57. The molecule has 130 valence electrons. The van der Waals surface area contributed by atoms with Gasteiger partial charge in [0.15, 0.2) is 11.5 Å². The first-order chi connectivity index (χ1) is 12.3. The lowest BCUT2D eigenvalue weighted by Crippen LogP contribution is -2.35. The largest absolute Gasteiger partial charge is 0.454 e. The number of rotatable bonds is 4. The predicted molar refractivity (Wildman–Crippen MR) is 91.9 cm³/mol. The van der Waals surface area contributed by atoms with Crippen molar-refractivity contribution in [1.29, 1.82) is 0 Å². The third kappa shape index (κ3) is 3.06. The molecule has 6 heteroatoms. The number of benzene rings is 2. The molecule has 2 heterocycles. The minimum absolute atomic E-state index is 0.0494. The molecule has 0 aliphatic carbocycles. The van der Waals surface area contributed by atoms with Crippen molar-refractivity contribution < 1.29 is 23.7 Å². The molecule has 0 saturated heterocycles. The van der Waals surface area contributed by atoms with Crippen LogP contribution in [0.15, 0.2) is 36.4 Å². The van der Waals surface area contributed by atoms with Crippen molar-refractivity contribution in [3.8, 4) is 22.6 Å². The fourth-order valence-corrected chi connectivity index (χ4v) is 3.11. The summed E-state index contributed by atoms with van der Waals surface area (Å²) in [6.07, 6.45) is 0. The summed E-state index contributed by atoms with van der Waals surface area (Å²) < 4.78 is 21.5. The quantitative estimate of drug-likeness (QED) is 0.855. The van der Waals surface area contributed by atoms with E-state index in [1.54, 1.807) is 12.0 Å². The molecule has 0 bridgehead atoms. The van der Waals surface area contributed by atoms with E-state index in [1.807, 2.05) is 30.3 Å². The first kappa shape index (κ1) is 15.9. The molecule has 0 atom stereocenters. The van der Waals surface area contributed by atoms with Gasteiger partial charge < -0.3 is 23.8 Å². The van der Waals surface area contributed by atoms with Crippen LogP contribution in [0.25, 0.3) is 11.1 Å². The molecule has 0 saturated carbocycles. The number of nitrogens with zero attached hydrogens (tertiary/aromatic N) is 1. The minimum atomic E-state index is -0.0494. The SMILES string of the molecule is COCCN1C(=O)COCc2cc(-c3ccc4c(c3)OCO4)ccc21. The minimum Gasteiger partial charge on any atom is -0.454 e. The summed E-state index contributed by atoms with van der Waals surface area (Å²) in [4.78, 5) is 14.0. The highest BCUT2D eigenvalue weighted by atomic mass is 16.7. The second-order valence-corrected chi connectivity index (χ2v) is 5.94. The van der Waals surface area contributed by atoms with E-state index in [9.17, 15) is 4.79 Å². The van der Waals surface area contributed by atoms with Gasteiger partial charge in [-0.1, -0.05) is 12.1 Å². The Labute approximate surface area is 145 Å². The van der Waals surface area contributed by atoms with Gasteiger partial charge in [0, 0.05) is 24.9 Å². The summed E-state index contributed by atoms with van der Waals surface area (Å²) in [6.45, 7) is 1.73. The molecule has 2 aromatic carbocycles. The lowest BCUT2D eigenvalue weighted by atomic mass is 10.0. The van der Waals surface area contributed by atoms with Crippen molar-refractivity contribution >= 4 is 11.6 Å². The highest BCUT2D eigenvalue weighted by Crippen LogP contribution is 2.37. The third-order valence-corrected chi connectivity index (χ3v) is 4.38. The number of hydrogen-bond donors (Lipinski definition) is 0. The van der Waals surface area contributed by atoms with E-state index in [4.69, 9.17) is 18.9 Å². The van der Waals surface area contributed by atoms with Crippen molar-refractivity contribution in [2.75, 3.05) is 38.6 Å². The lowest BCUT2D eigenvalue weighted by Gasteiger charge is -2.22. The lowest BCUT2D eigenvalue weighted by molar-refractivity contribution is -0.123. The van der Waals surface area contributed by atoms with Gasteiger partial charge in [-0.15, -0.1) is 0 Å². The van der Waals surface area contributed by atoms with Crippen LogP contribution in [-0.2, 0) is 20.9 Å². The van der Waals surface area contributed by atoms with E-state index in [0.29, 0.717) is 19.8 Å². The molecule has 6 nitrogen and oxygen atoms in total. The fourth-order valence-electron chi connectivity index (χ4n) is 3.11. The van der Waals surface area contributed by atoms with Crippen molar-refractivity contribution in [2.45, 2.75) is 6.61 Å². The molecule has 0 aromatic heterocycles. The zero-order valence-electron chi connectivity index (χ0n) is 14.0. The molecule has 4 rings (SSSR count). The smallest absolute Gasteiger partial charge is 0.253 e. The third-order valence-electron chi connectivity index (χ3n) is 4.38. The first-order valence-corrected chi connectivity index (χ1v) is 8.16. The molecule has 2 aliphatic heterocycles. The molecule has 0 spiro atoms. The van der Waals surface area contributed by atoms with Crippen molar-refractivity contribution in [3.05, 3.63) is 42.0 Å². The van der Waals surface area contributed by atoms with Gasteiger partial charge in [-0.2, -0.15) is 0 Å². The monoisotopic (exact) mass is 341 g/mol. The average Bonchev–Trinajstić information content (AvgIpc) is 3.04. The van der Waals surface area contributed by atoms with Crippen LogP contribution in [0.3, 0.4) is 0 Å². The fraction of sp³-hybridized carbons (Fsp3) is 0.316. The topological polar surface area (TPSA) is 57.2 Å². The van der Waals surface area contributed by atoms with E-state index in [-0.39, 0.29) is 19.3 Å². The molecular weight excluding hydrogens is 322 g/mol. The maximum absolute atomic E-state index is 12.3. The van der Waals surface area contributed by atoms with Crippen molar-refractivity contribution in [1.82, 2.24) is 0 Å². The Morgan fingerprint density at radius 3 is 2.72 bits per heavy atom.